The van der Waals surface area contributed by atoms with Gasteiger partial charge in [-0.15, -0.1) is 0 Å². The van der Waals surface area contributed by atoms with Gasteiger partial charge in [0.2, 0.25) is 0 Å². The second kappa shape index (κ2) is 4.88. The second-order valence-electron chi connectivity index (χ2n) is 5.06. The predicted molar refractivity (Wildman–Crippen MR) is 77.4 cm³/mol. The smallest absolute Gasteiger partial charge is 0.0648 e. The molecule has 1 aliphatic carbocycles. The minimum atomic E-state index is 0.608. The first-order valence-corrected chi connectivity index (χ1v) is 7.42. The summed E-state index contributed by atoms with van der Waals surface area (Å²) in [7, 11) is 0. The van der Waals surface area contributed by atoms with Crippen molar-refractivity contribution in [3.63, 3.8) is 0 Å². The van der Waals surface area contributed by atoms with Crippen LogP contribution >= 0.6 is 15.9 Å². The largest absolute Gasteiger partial charge is 0.238 e. The highest BCUT2D eigenvalue weighted by atomic mass is 79.9. The lowest BCUT2D eigenvalue weighted by Gasteiger charge is -2.19. The fraction of sp³-hybridized carbons (Fsp3) is 0.400. The zero-order valence-corrected chi connectivity index (χ0v) is 12.0. The van der Waals surface area contributed by atoms with E-state index in [9.17, 15) is 0 Å². The first-order chi connectivity index (χ1) is 8.77. The summed E-state index contributed by atoms with van der Waals surface area (Å²) < 4.78 is 2.09. The SMILES string of the molecule is CC1C(Br)CCC1c1ccnn1-c1ccccc1. The molecular formula is C15H17BrN2. The summed E-state index contributed by atoms with van der Waals surface area (Å²) in [6.07, 6.45) is 4.41. The van der Waals surface area contributed by atoms with Gasteiger partial charge in [-0.1, -0.05) is 41.1 Å². The van der Waals surface area contributed by atoms with Crippen LogP contribution in [-0.4, -0.2) is 14.6 Å². The first-order valence-electron chi connectivity index (χ1n) is 6.51. The van der Waals surface area contributed by atoms with Gasteiger partial charge in [-0.2, -0.15) is 5.10 Å². The molecule has 1 heterocycles. The molecule has 0 saturated heterocycles. The van der Waals surface area contributed by atoms with E-state index in [0.29, 0.717) is 16.7 Å². The molecule has 0 bridgehead atoms. The van der Waals surface area contributed by atoms with Crippen LogP contribution in [0.15, 0.2) is 42.6 Å². The Hall–Kier alpha value is -1.09. The summed E-state index contributed by atoms with van der Waals surface area (Å²) in [5, 5.41) is 4.49. The van der Waals surface area contributed by atoms with Crippen LogP contribution in [0, 0.1) is 5.92 Å². The number of alkyl halides is 1. The van der Waals surface area contributed by atoms with Crippen molar-refractivity contribution in [3.8, 4) is 5.69 Å². The van der Waals surface area contributed by atoms with Gasteiger partial charge in [0.1, 0.15) is 0 Å². The molecular weight excluding hydrogens is 288 g/mol. The van der Waals surface area contributed by atoms with Gasteiger partial charge in [0.05, 0.1) is 5.69 Å². The van der Waals surface area contributed by atoms with E-state index in [1.165, 1.54) is 18.5 Å². The van der Waals surface area contributed by atoms with Gasteiger partial charge in [-0.3, -0.25) is 0 Å². The molecule has 2 nitrogen and oxygen atoms in total. The minimum absolute atomic E-state index is 0.608. The highest BCUT2D eigenvalue weighted by Gasteiger charge is 2.34. The Morgan fingerprint density at radius 2 is 1.94 bits per heavy atom. The quantitative estimate of drug-likeness (QED) is 0.762. The summed E-state index contributed by atoms with van der Waals surface area (Å²) in [4.78, 5) is 0.640. The Morgan fingerprint density at radius 1 is 1.17 bits per heavy atom. The van der Waals surface area contributed by atoms with Gasteiger partial charge in [0.25, 0.3) is 0 Å². The van der Waals surface area contributed by atoms with Crippen molar-refractivity contribution >= 4 is 15.9 Å². The summed E-state index contributed by atoms with van der Waals surface area (Å²) in [5.41, 5.74) is 2.50. The van der Waals surface area contributed by atoms with Crippen molar-refractivity contribution in [2.45, 2.75) is 30.5 Å². The average Bonchev–Trinajstić information content (AvgIpc) is 2.99. The van der Waals surface area contributed by atoms with E-state index in [1.807, 2.05) is 12.3 Å². The van der Waals surface area contributed by atoms with Crippen LogP contribution in [0.25, 0.3) is 5.69 Å². The Morgan fingerprint density at radius 3 is 2.61 bits per heavy atom. The lowest BCUT2D eigenvalue weighted by Crippen LogP contribution is -2.13. The number of benzene rings is 1. The molecule has 1 aliphatic rings. The molecule has 2 aromatic rings. The zero-order valence-electron chi connectivity index (χ0n) is 10.5. The Bertz CT molecular complexity index is 520. The molecule has 94 valence electrons. The van der Waals surface area contributed by atoms with Gasteiger partial charge in [-0.25, -0.2) is 4.68 Å². The normalized spacial score (nSPS) is 27.6. The molecule has 1 saturated carbocycles. The van der Waals surface area contributed by atoms with Crippen molar-refractivity contribution in [1.82, 2.24) is 9.78 Å². The van der Waals surface area contributed by atoms with E-state index in [2.05, 4.69) is 63.0 Å². The maximum Gasteiger partial charge on any atom is 0.0648 e. The lowest BCUT2D eigenvalue weighted by molar-refractivity contribution is 0.519. The van der Waals surface area contributed by atoms with E-state index in [0.717, 1.165) is 5.69 Å². The van der Waals surface area contributed by atoms with Crippen molar-refractivity contribution in [2.75, 3.05) is 0 Å². The first kappa shape index (κ1) is 12.0. The topological polar surface area (TPSA) is 17.8 Å². The molecule has 18 heavy (non-hydrogen) atoms. The molecule has 3 heteroatoms. The number of nitrogens with zero attached hydrogens (tertiary/aromatic N) is 2. The van der Waals surface area contributed by atoms with Crippen LogP contribution in [-0.2, 0) is 0 Å². The zero-order chi connectivity index (χ0) is 12.5. The van der Waals surface area contributed by atoms with Crippen molar-refractivity contribution < 1.29 is 0 Å². The van der Waals surface area contributed by atoms with E-state index in [4.69, 9.17) is 0 Å². The molecule has 1 fully saturated rings. The summed E-state index contributed by atoms with van der Waals surface area (Å²) in [5.74, 6) is 1.28. The molecule has 3 rings (SSSR count). The number of aromatic nitrogens is 2. The van der Waals surface area contributed by atoms with Crippen LogP contribution in [0.1, 0.15) is 31.4 Å². The number of rotatable bonds is 2. The second-order valence-corrected chi connectivity index (χ2v) is 6.24. The third kappa shape index (κ3) is 2.01. The molecule has 0 spiro atoms. The fourth-order valence-electron chi connectivity index (χ4n) is 2.91. The summed E-state index contributed by atoms with van der Waals surface area (Å²) >= 11 is 3.78. The predicted octanol–water partition coefficient (Wildman–Crippen LogP) is 4.15. The highest BCUT2D eigenvalue weighted by molar-refractivity contribution is 9.09. The van der Waals surface area contributed by atoms with Crippen LogP contribution in [0.2, 0.25) is 0 Å². The molecule has 1 aromatic carbocycles. The van der Waals surface area contributed by atoms with Crippen LogP contribution in [0.3, 0.4) is 0 Å². The lowest BCUT2D eigenvalue weighted by atomic mass is 9.94. The fourth-order valence-corrected chi connectivity index (χ4v) is 3.55. The molecule has 0 amide bonds. The maximum atomic E-state index is 4.49. The summed E-state index contributed by atoms with van der Waals surface area (Å²) in [6.45, 7) is 2.33. The van der Waals surface area contributed by atoms with E-state index >= 15 is 0 Å². The molecule has 3 unspecified atom stereocenters. The third-order valence-corrected chi connectivity index (χ3v) is 5.30. The van der Waals surface area contributed by atoms with Gasteiger partial charge in [0.15, 0.2) is 0 Å². The van der Waals surface area contributed by atoms with Gasteiger partial charge in [0, 0.05) is 22.6 Å². The highest BCUT2D eigenvalue weighted by Crippen LogP contribution is 2.43. The van der Waals surface area contributed by atoms with Crippen molar-refractivity contribution in [1.29, 1.82) is 0 Å². The van der Waals surface area contributed by atoms with Gasteiger partial charge < -0.3 is 0 Å². The minimum Gasteiger partial charge on any atom is -0.238 e. The Balaban J connectivity index is 1.98. The molecule has 0 N–H and O–H groups in total. The number of hydrogen-bond donors (Lipinski definition) is 0. The monoisotopic (exact) mass is 304 g/mol. The van der Waals surface area contributed by atoms with Crippen LogP contribution in [0.5, 0.6) is 0 Å². The molecule has 1 aromatic heterocycles. The van der Waals surface area contributed by atoms with Gasteiger partial charge >= 0.3 is 0 Å². The molecule has 3 atom stereocenters. The number of para-hydroxylation sites is 1. The van der Waals surface area contributed by atoms with E-state index in [1.54, 1.807) is 0 Å². The standard InChI is InChI=1S/C15H17BrN2/c1-11-13(7-8-14(11)16)15-9-10-17-18(15)12-5-3-2-4-6-12/h2-6,9-11,13-14H,7-8H2,1H3. The Kier molecular flexibility index (Phi) is 3.25. The summed E-state index contributed by atoms with van der Waals surface area (Å²) in [6, 6.07) is 12.6. The van der Waals surface area contributed by atoms with Crippen molar-refractivity contribution in [3.05, 3.63) is 48.3 Å². The molecule has 0 aliphatic heterocycles. The maximum absolute atomic E-state index is 4.49. The van der Waals surface area contributed by atoms with Crippen molar-refractivity contribution in [2.24, 2.45) is 5.92 Å². The average molecular weight is 305 g/mol. The van der Waals surface area contributed by atoms with Crippen LogP contribution in [0.4, 0.5) is 0 Å². The third-order valence-electron chi connectivity index (χ3n) is 4.01. The molecule has 0 radical (unpaired) electrons. The Labute approximate surface area is 116 Å². The van der Waals surface area contributed by atoms with Gasteiger partial charge in [-0.05, 0) is 37.0 Å². The van der Waals surface area contributed by atoms with E-state index < -0.39 is 0 Å². The van der Waals surface area contributed by atoms with E-state index in [-0.39, 0.29) is 0 Å². The van der Waals surface area contributed by atoms with Crippen LogP contribution < -0.4 is 0 Å². The number of halogens is 1. The number of hydrogen-bond acceptors (Lipinski definition) is 1.